The van der Waals surface area contributed by atoms with Crippen molar-refractivity contribution >= 4 is 11.7 Å². The number of ether oxygens (including phenoxy) is 5. The molecule has 2 aromatic rings. The molecular weight excluding hydrogens is 362 g/mol. The van der Waals surface area contributed by atoms with Gasteiger partial charge in [0.2, 0.25) is 0 Å². The van der Waals surface area contributed by atoms with Crippen molar-refractivity contribution in [3.8, 4) is 5.75 Å². The molecule has 0 radical (unpaired) electrons. The molecule has 0 atom stereocenters. The van der Waals surface area contributed by atoms with E-state index in [1.807, 2.05) is 18.2 Å². The van der Waals surface area contributed by atoms with Gasteiger partial charge in [0.1, 0.15) is 19.0 Å². The number of nitrogens with two attached hydrogens (primary N) is 1. The second kappa shape index (κ2) is 13.5. The summed E-state index contributed by atoms with van der Waals surface area (Å²) >= 11 is 0. The van der Waals surface area contributed by atoms with Gasteiger partial charge in [-0.25, -0.2) is 4.79 Å². The zero-order valence-electron chi connectivity index (χ0n) is 15.9. The van der Waals surface area contributed by atoms with E-state index in [1.54, 1.807) is 36.4 Å². The number of hydrogen-bond donors (Lipinski definition) is 1. The summed E-state index contributed by atoms with van der Waals surface area (Å²) < 4.78 is 26.8. The number of nitrogen functional groups attached to an aromatic ring is 1. The topological polar surface area (TPSA) is 89.2 Å². The van der Waals surface area contributed by atoms with Crippen molar-refractivity contribution in [1.82, 2.24) is 0 Å². The van der Waals surface area contributed by atoms with Crippen LogP contribution in [-0.2, 0) is 18.9 Å². The standard InChI is InChI=1S/C21H27NO6/c22-19-6-8-20(9-7-19)27-16-14-25-12-10-24-11-13-26-15-17-28-21(23)18-4-2-1-3-5-18/h1-9H,10-17,22H2. The third kappa shape index (κ3) is 9.36. The summed E-state index contributed by atoms with van der Waals surface area (Å²) in [6, 6.07) is 16.1. The summed E-state index contributed by atoms with van der Waals surface area (Å²) in [5.74, 6) is 0.415. The SMILES string of the molecule is Nc1ccc(OCCOCCOCCOCCOC(=O)c2ccccc2)cc1. The van der Waals surface area contributed by atoms with Crippen LogP contribution in [0.15, 0.2) is 54.6 Å². The van der Waals surface area contributed by atoms with E-state index >= 15 is 0 Å². The Bertz CT molecular complexity index is 662. The summed E-state index contributed by atoms with van der Waals surface area (Å²) in [6.07, 6.45) is 0. The van der Waals surface area contributed by atoms with Crippen molar-refractivity contribution in [1.29, 1.82) is 0 Å². The number of anilines is 1. The molecule has 2 rings (SSSR count). The average molecular weight is 389 g/mol. The van der Waals surface area contributed by atoms with Crippen LogP contribution in [0.1, 0.15) is 10.4 Å². The molecule has 0 aliphatic carbocycles. The largest absolute Gasteiger partial charge is 0.491 e. The van der Waals surface area contributed by atoms with E-state index in [-0.39, 0.29) is 12.6 Å². The molecule has 0 aliphatic heterocycles. The monoisotopic (exact) mass is 389 g/mol. The molecule has 0 saturated carbocycles. The van der Waals surface area contributed by atoms with Crippen LogP contribution < -0.4 is 10.5 Å². The van der Waals surface area contributed by atoms with Gasteiger partial charge in [-0.3, -0.25) is 0 Å². The molecule has 0 unspecified atom stereocenters. The molecule has 0 amide bonds. The Labute approximate surface area is 165 Å². The fourth-order valence-corrected chi connectivity index (χ4v) is 2.18. The van der Waals surface area contributed by atoms with Crippen LogP contribution in [0.25, 0.3) is 0 Å². The lowest BCUT2D eigenvalue weighted by molar-refractivity contribution is -0.00222. The molecule has 0 bridgehead atoms. The lowest BCUT2D eigenvalue weighted by Crippen LogP contribution is -2.15. The van der Waals surface area contributed by atoms with E-state index in [0.717, 1.165) is 5.75 Å². The van der Waals surface area contributed by atoms with Gasteiger partial charge in [-0.1, -0.05) is 18.2 Å². The zero-order chi connectivity index (χ0) is 19.9. The van der Waals surface area contributed by atoms with Crippen LogP contribution in [0.4, 0.5) is 5.69 Å². The fourth-order valence-electron chi connectivity index (χ4n) is 2.18. The maximum atomic E-state index is 11.7. The van der Waals surface area contributed by atoms with E-state index in [0.29, 0.717) is 57.5 Å². The highest BCUT2D eigenvalue weighted by atomic mass is 16.6. The van der Waals surface area contributed by atoms with E-state index in [1.165, 1.54) is 0 Å². The summed E-state index contributed by atoms with van der Waals surface area (Å²) in [5, 5.41) is 0. The van der Waals surface area contributed by atoms with Gasteiger partial charge in [-0.05, 0) is 36.4 Å². The first-order valence-corrected chi connectivity index (χ1v) is 9.19. The number of carbonyl (C=O) groups excluding carboxylic acids is 1. The van der Waals surface area contributed by atoms with Gasteiger partial charge in [0, 0.05) is 5.69 Å². The molecule has 0 aromatic heterocycles. The minimum absolute atomic E-state index is 0.213. The van der Waals surface area contributed by atoms with Crippen molar-refractivity contribution in [3.63, 3.8) is 0 Å². The summed E-state index contributed by atoms with van der Waals surface area (Å²) in [5.41, 5.74) is 6.84. The van der Waals surface area contributed by atoms with Gasteiger partial charge >= 0.3 is 5.97 Å². The van der Waals surface area contributed by atoms with Crippen molar-refractivity contribution < 1.29 is 28.5 Å². The number of rotatable bonds is 14. The van der Waals surface area contributed by atoms with Crippen LogP contribution >= 0.6 is 0 Å². The minimum atomic E-state index is -0.349. The van der Waals surface area contributed by atoms with Crippen LogP contribution in [-0.4, -0.2) is 58.8 Å². The van der Waals surface area contributed by atoms with Crippen LogP contribution in [0.2, 0.25) is 0 Å². The summed E-state index contributed by atoms with van der Waals surface area (Å²) in [7, 11) is 0. The lowest BCUT2D eigenvalue weighted by atomic mass is 10.2. The van der Waals surface area contributed by atoms with Crippen LogP contribution in [0.3, 0.4) is 0 Å². The highest BCUT2D eigenvalue weighted by Crippen LogP contribution is 2.12. The third-order valence-electron chi connectivity index (χ3n) is 3.59. The number of esters is 1. The van der Waals surface area contributed by atoms with E-state index in [4.69, 9.17) is 29.4 Å². The van der Waals surface area contributed by atoms with Gasteiger partial charge in [0.05, 0.1) is 45.2 Å². The van der Waals surface area contributed by atoms with Crippen LogP contribution in [0.5, 0.6) is 5.75 Å². The maximum absolute atomic E-state index is 11.7. The molecule has 2 aromatic carbocycles. The Morgan fingerprint density at radius 2 is 1.21 bits per heavy atom. The van der Waals surface area contributed by atoms with Crippen molar-refractivity contribution in [3.05, 3.63) is 60.2 Å². The van der Waals surface area contributed by atoms with Crippen molar-refractivity contribution in [2.24, 2.45) is 0 Å². The molecule has 0 aliphatic rings. The Balaban J connectivity index is 1.33. The third-order valence-corrected chi connectivity index (χ3v) is 3.59. The van der Waals surface area contributed by atoms with E-state index in [2.05, 4.69) is 0 Å². The number of benzene rings is 2. The Hall–Kier alpha value is -2.61. The number of carbonyl (C=O) groups is 1. The molecule has 7 heteroatoms. The first-order chi connectivity index (χ1) is 13.8. The second-order valence-electron chi connectivity index (χ2n) is 5.76. The molecule has 7 nitrogen and oxygen atoms in total. The molecule has 0 saturated heterocycles. The predicted molar refractivity (Wildman–Crippen MR) is 106 cm³/mol. The van der Waals surface area contributed by atoms with E-state index in [9.17, 15) is 4.79 Å². The van der Waals surface area contributed by atoms with Crippen molar-refractivity contribution in [2.75, 3.05) is 58.6 Å². The number of hydrogen-bond acceptors (Lipinski definition) is 7. The molecule has 0 spiro atoms. The Kier molecular flexibility index (Phi) is 10.5. The molecule has 28 heavy (non-hydrogen) atoms. The first kappa shape index (κ1) is 21.7. The fraction of sp³-hybridized carbons (Fsp3) is 0.381. The average Bonchev–Trinajstić information content (AvgIpc) is 2.73. The molecule has 2 N–H and O–H groups in total. The second-order valence-corrected chi connectivity index (χ2v) is 5.76. The smallest absolute Gasteiger partial charge is 0.338 e. The quantitative estimate of drug-likeness (QED) is 0.302. The predicted octanol–water partition coefficient (Wildman–Crippen LogP) is 2.55. The van der Waals surface area contributed by atoms with Gasteiger partial charge in [0.15, 0.2) is 0 Å². The highest BCUT2D eigenvalue weighted by molar-refractivity contribution is 5.89. The summed E-state index contributed by atoms with van der Waals surface area (Å²) in [4.78, 5) is 11.7. The minimum Gasteiger partial charge on any atom is -0.491 e. The Morgan fingerprint density at radius 1 is 0.679 bits per heavy atom. The molecule has 0 heterocycles. The van der Waals surface area contributed by atoms with Gasteiger partial charge in [-0.15, -0.1) is 0 Å². The van der Waals surface area contributed by atoms with E-state index < -0.39 is 0 Å². The van der Waals surface area contributed by atoms with Crippen LogP contribution in [0, 0.1) is 0 Å². The zero-order valence-corrected chi connectivity index (χ0v) is 15.9. The maximum Gasteiger partial charge on any atom is 0.338 e. The first-order valence-electron chi connectivity index (χ1n) is 9.19. The van der Waals surface area contributed by atoms with Gasteiger partial charge in [-0.2, -0.15) is 0 Å². The molecular formula is C21H27NO6. The van der Waals surface area contributed by atoms with Crippen molar-refractivity contribution in [2.45, 2.75) is 0 Å². The normalized spacial score (nSPS) is 10.6. The molecule has 0 fully saturated rings. The van der Waals surface area contributed by atoms with Gasteiger partial charge < -0.3 is 29.4 Å². The highest BCUT2D eigenvalue weighted by Gasteiger charge is 2.04. The van der Waals surface area contributed by atoms with Gasteiger partial charge in [0.25, 0.3) is 0 Å². The summed E-state index contributed by atoms with van der Waals surface area (Å²) in [6.45, 7) is 3.35. The lowest BCUT2D eigenvalue weighted by Gasteiger charge is -2.08. The Morgan fingerprint density at radius 3 is 1.82 bits per heavy atom. The molecule has 152 valence electrons.